The second-order valence-corrected chi connectivity index (χ2v) is 7.00. The van der Waals surface area contributed by atoms with Crippen molar-refractivity contribution in [2.75, 3.05) is 0 Å². The number of imidazole rings is 1. The molecule has 3 aromatic rings. The topological polar surface area (TPSA) is 90.1 Å². The molecule has 1 aromatic heterocycles. The van der Waals surface area contributed by atoms with Gasteiger partial charge in [0, 0.05) is 31.8 Å². The second-order valence-electron chi connectivity index (χ2n) is 7.00. The molecule has 7 nitrogen and oxygen atoms in total. The average Bonchev–Trinajstić information content (AvgIpc) is 3.09. The van der Waals surface area contributed by atoms with Gasteiger partial charge in [0.1, 0.15) is 6.20 Å². The first kappa shape index (κ1) is 20.3. The lowest BCUT2D eigenvalue weighted by Gasteiger charge is -2.26. The Balaban J connectivity index is 1.68. The van der Waals surface area contributed by atoms with Crippen LogP contribution in [0.3, 0.4) is 0 Å². The minimum Gasteiger partial charge on any atom is -0.358 e. The van der Waals surface area contributed by atoms with Gasteiger partial charge in [0.05, 0.1) is 0 Å². The maximum Gasteiger partial charge on any atom is 0.381 e. The Bertz CT molecular complexity index is 931. The van der Waals surface area contributed by atoms with Crippen molar-refractivity contribution in [2.24, 2.45) is 0 Å². The molecular formula is C22H24N4O3. The first-order valence-electron chi connectivity index (χ1n) is 9.53. The molecule has 1 heterocycles. The molecule has 1 atom stereocenters. The summed E-state index contributed by atoms with van der Waals surface area (Å²) in [6, 6.07) is 20.1. The minimum atomic E-state index is -0.532. The van der Waals surface area contributed by atoms with E-state index < -0.39 is 4.92 Å². The monoisotopic (exact) mass is 392 g/mol. The molecule has 0 aliphatic carbocycles. The number of amides is 1. The first-order chi connectivity index (χ1) is 14.0. The van der Waals surface area contributed by atoms with Crippen LogP contribution in [0, 0.1) is 17.0 Å². The fraction of sp³-hybridized carbons (Fsp3) is 0.273. The predicted molar refractivity (Wildman–Crippen MR) is 111 cm³/mol. The summed E-state index contributed by atoms with van der Waals surface area (Å²) >= 11 is 0. The smallest absolute Gasteiger partial charge is 0.358 e. The van der Waals surface area contributed by atoms with E-state index in [4.69, 9.17) is 0 Å². The van der Waals surface area contributed by atoms with E-state index in [2.05, 4.69) is 34.6 Å². The molecule has 0 aliphatic heterocycles. The van der Waals surface area contributed by atoms with E-state index in [0.29, 0.717) is 12.4 Å². The summed E-state index contributed by atoms with van der Waals surface area (Å²) in [4.78, 5) is 26.8. The Labute approximate surface area is 169 Å². The lowest BCUT2D eigenvalue weighted by Crippen LogP contribution is -2.37. The van der Waals surface area contributed by atoms with Crippen LogP contribution in [0.1, 0.15) is 36.2 Å². The predicted octanol–water partition coefficient (Wildman–Crippen LogP) is 3.83. The maximum atomic E-state index is 12.6. The molecule has 1 unspecified atom stereocenters. The molecule has 0 radical (unpaired) electrons. The molecule has 0 bridgehead atoms. The molecule has 0 saturated heterocycles. The van der Waals surface area contributed by atoms with Gasteiger partial charge in [0.2, 0.25) is 11.7 Å². The van der Waals surface area contributed by atoms with Crippen LogP contribution in [0.2, 0.25) is 0 Å². The van der Waals surface area contributed by atoms with E-state index in [1.165, 1.54) is 6.20 Å². The molecule has 1 amide bonds. The van der Waals surface area contributed by atoms with Crippen molar-refractivity contribution in [3.05, 3.63) is 93.9 Å². The summed E-state index contributed by atoms with van der Waals surface area (Å²) in [6.45, 7) is 4.02. The van der Waals surface area contributed by atoms with Crippen molar-refractivity contribution < 1.29 is 9.72 Å². The third kappa shape index (κ3) is 5.07. The van der Waals surface area contributed by atoms with Gasteiger partial charge in [-0.05, 0) is 28.0 Å². The van der Waals surface area contributed by atoms with E-state index in [0.717, 1.165) is 11.1 Å². The van der Waals surface area contributed by atoms with Gasteiger partial charge < -0.3 is 20.0 Å². The largest absolute Gasteiger partial charge is 0.381 e. The number of nitrogens with one attached hydrogen (secondary N) is 1. The standard InChI is InChI=1S/C22H24N4O3/c1-16(22(18-9-5-3-6-10-18)19-11-7-4-8-12-19)23-21(27)13-14-25-15-20(26(28)29)24-17(25)2/h3-12,15-16,22H,13-14H2,1-2H3,(H,23,27). The summed E-state index contributed by atoms with van der Waals surface area (Å²) in [5.74, 6) is 0.232. The molecular weight excluding hydrogens is 368 g/mol. The van der Waals surface area contributed by atoms with E-state index in [1.807, 2.05) is 43.3 Å². The molecule has 0 aliphatic rings. The summed E-state index contributed by atoms with van der Waals surface area (Å²) in [5, 5.41) is 13.9. The van der Waals surface area contributed by atoms with Gasteiger partial charge >= 0.3 is 5.82 Å². The average molecular weight is 392 g/mol. The zero-order chi connectivity index (χ0) is 20.8. The van der Waals surface area contributed by atoms with Crippen LogP contribution >= 0.6 is 0 Å². The van der Waals surface area contributed by atoms with E-state index in [1.54, 1.807) is 11.5 Å². The highest BCUT2D eigenvalue weighted by molar-refractivity contribution is 5.76. The summed E-state index contributed by atoms with van der Waals surface area (Å²) < 4.78 is 1.63. The molecule has 29 heavy (non-hydrogen) atoms. The number of carbonyl (C=O) groups is 1. The molecule has 0 spiro atoms. The van der Waals surface area contributed by atoms with E-state index in [9.17, 15) is 14.9 Å². The third-order valence-corrected chi connectivity index (χ3v) is 4.94. The Kier molecular flexibility index (Phi) is 6.39. The van der Waals surface area contributed by atoms with Gasteiger partial charge in [-0.3, -0.25) is 4.79 Å². The van der Waals surface area contributed by atoms with Crippen molar-refractivity contribution in [1.29, 1.82) is 0 Å². The van der Waals surface area contributed by atoms with E-state index >= 15 is 0 Å². The Morgan fingerprint density at radius 3 is 2.14 bits per heavy atom. The van der Waals surface area contributed by atoms with Gasteiger partial charge in [0.25, 0.3) is 0 Å². The second kappa shape index (κ2) is 9.14. The van der Waals surface area contributed by atoms with Crippen LogP contribution in [0.15, 0.2) is 66.9 Å². The van der Waals surface area contributed by atoms with Crippen molar-refractivity contribution in [3.8, 4) is 0 Å². The number of benzene rings is 2. The van der Waals surface area contributed by atoms with Crippen LogP contribution in [-0.2, 0) is 11.3 Å². The highest BCUT2D eigenvalue weighted by Crippen LogP contribution is 2.28. The van der Waals surface area contributed by atoms with Crippen LogP contribution in [0.5, 0.6) is 0 Å². The Morgan fingerprint density at radius 1 is 1.10 bits per heavy atom. The summed E-state index contributed by atoms with van der Waals surface area (Å²) in [6.07, 6.45) is 1.58. The summed E-state index contributed by atoms with van der Waals surface area (Å²) in [7, 11) is 0. The zero-order valence-corrected chi connectivity index (χ0v) is 16.5. The minimum absolute atomic E-state index is 0.0254. The van der Waals surface area contributed by atoms with E-state index in [-0.39, 0.29) is 30.1 Å². The van der Waals surface area contributed by atoms with Gasteiger partial charge in [-0.25, -0.2) is 0 Å². The number of nitro groups is 1. The number of hydrogen-bond donors (Lipinski definition) is 1. The van der Waals surface area contributed by atoms with Crippen LogP contribution in [0.25, 0.3) is 0 Å². The molecule has 0 fully saturated rings. The van der Waals surface area contributed by atoms with Crippen molar-refractivity contribution in [2.45, 2.75) is 38.8 Å². The zero-order valence-electron chi connectivity index (χ0n) is 16.5. The number of aromatic nitrogens is 2. The third-order valence-electron chi connectivity index (χ3n) is 4.94. The highest BCUT2D eigenvalue weighted by atomic mass is 16.6. The van der Waals surface area contributed by atoms with Crippen LogP contribution in [-0.4, -0.2) is 26.4 Å². The molecule has 150 valence electrons. The first-order valence-corrected chi connectivity index (χ1v) is 9.53. The lowest BCUT2D eigenvalue weighted by molar-refractivity contribution is -0.389. The fourth-order valence-corrected chi connectivity index (χ4v) is 3.53. The van der Waals surface area contributed by atoms with Gasteiger partial charge in [-0.1, -0.05) is 60.7 Å². The normalized spacial score (nSPS) is 12.0. The number of rotatable bonds is 8. The Morgan fingerprint density at radius 2 is 1.66 bits per heavy atom. The fourth-order valence-electron chi connectivity index (χ4n) is 3.53. The van der Waals surface area contributed by atoms with Gasteiger partial charge in [0.15, 0.2) is 0 Å². The highest BCUT2D eigenvalue weighted by Gasteiger charge is 2.23. The number of nitrogens with zero attached hydrogens (tertiary/aromatic N) is 3. The molecule has 7 heteroatoms. The van der Waals surface area contributed by atoms with Crippen molar-refractivity contribution in [1.82, 2.24) is 14.9 Å². The van der Waals surface area contributed by atoms with Crippen molar-refractivity contribution in [3.63, 3.8) is 0 Å². The Hall–Kier alpha value is -3.48. The number of hydrogen-bond acceptors (Lipinski definition) is 4. The molecule has 3 rings (SSSR count). The SMILES string of the molecule is Cc1nc([N+](=O)[O-])cn1CCC(=O)NC(C)C(c1ccccc1)c1ccccc1. The summed E-state index contributed by atoms with van der Waals surface area (Å²) in [5.41, 5.74) is 2.26. The number of aryl methyl sites for hydroxylation is 2. The lowest BCUT2D eigenvalue weighted by atomic mass is 9.86. The number of carbonyl (C=O) groups excluding carboxylic acids is 1. The van der Waals surface area contributed by atoms with Crippen LogP contribution in [0.4, 0.5) is 5.82 Å². The maximum absolute atomic E-state index is 12.6. The van der Waals surface area contributed by atoms with Gasteiger partial charge in [-0.15, -0.1) is 0 Å². The quantitative estimate of drug-likeness (QED) is 0.466. The van der Waals surface area contributed by atoms with Gasteiger partial charge in [-0.2, -0.15) is 0 Å². The van der Waals surface area contributed by atoms with Crippen molar-refractivity contribution >= 4 is 11.7 Å². The molecule has 1 N–H and O–H groups in total. The van der Waals surface area contributed by atoms with Crippen LogP contribution < -0.4 is 5.32 Å². The molecule has 0 saturated carbocycles. The molecule has 2 aromatic carbocycles.